The number of benzene rings is 1. The molecule has 1 aromatic carbocycles. The maximum atomic E-state index is 12.4. The summed E-state index contributed by atoms with van der Waals surface area (Å²) in [4.78, 5) is 14.9. The minimum absolute atomic E-state index is 0.0338. The Hall–Kier alpha value is -1.55. The summed E-state index contributed by atoms with van der Waals surface area (Å²) in [5.41, 5.74) is 2.29. The van der Waals surface area contributed by atoms with E-state index < -0.39 is 6.10 Å². The summed E-state index contributed by atoms with van der Waals surface area (Å²) in [6, 6.07) is 6.21. The van der Waals surface area contributed by atoms with E-state index in [4.69, 9.17) is 4.74 Å². The van der Waals surface area contributed by atoms with Crippen LogP contribution in [-0.2, 0) is 4.79 Å². The summed E-state index contributed by atoms with van der Waals surface area (Å²) in [5.74, 6) is 2.02. The molecule has 1 aromatic rings. The van der Waals surface area contributed by atoms with E-state index in [1.807, 2.05) is 19.9 Å². The standard InChI is InChI=1S/C22H36N2O2/c1-16(2)20-8-7-18(4)15-21(20)26-19(5)22(25)23-11-6-12-24-13-9-17(3)10-14-24/h7-8,15-17,19H,6,9-14H2,1-5H3,(H,23,25)/t19-/m0/s1. The highest BCUT2D eigenvalue weighted by Crippen LogP contribution is 2.28. The van der Waals surface area contributed by atoms with Crippen molar-refractivity contribution in [2.75, 3.05) is 26.2 Å². The molecule has 1 amide bonds. The van der Waals surface area contributed by atoms with Gasteiger partial charge < -0.3 is 15.0 Å². The van der Waals surface area contributed by atoms with Crippen molar-refractivity contribution in [1.82, 2.24) is 10.2 Å². The zero-order chi connectivity index (χ0) is 19.1. The van der Waals surface area contributed by atoms with Crippen LogP contribution >= 0.6 is 0 Å². The number of nitrogens with zero attached hydrogens (tertiary/aromatic N) is 1. The van der Waals surface area contributed by atoms with Crippen LogP contribution in [0.25, 0.3) is 0 Å². The number of likely N-dealkylation sites (tertiary alicyclic amines) is 1. The first-order valence-corrected chi connectivity index (χ1v) is 10.1. The highest BCUT2D eigenvalue weighted by Gasteiger charge is 2.18. The summed E-state index contributed by atoms with van der Waals surface area (Å²) in [5, 5.41) is 3.02. The summed E-state index contributed by atoms with van der Waals surface area (Å²) >= 11 is 0. The quantitative estimate of drug-likeness (QED) is 0.709. The second-order valence-electron chi connectivity index (χ2n) is 8.12. The van der Waals surface area contributed by atoms with E-state index in [-0.39, 0.29) is 5.91 Å². The number of nitrogens with one attached hydrogen (secondary N) is 1. The Balaban J connectivity index is 1.75. The molecular weight excluding hydrogens is 324 g/mol. The first-order valence-electron chi connectivity index (χ1n) is 10.1. The van der Waals surface area contributed by atoms with Gasteiger partial charge in [0.15, 0.2) is 6.10 Å². The zero-order valence-corrected chi connectivity index (χ0v) is 17.2. The van der Waals surface area contributed by atoms with Gasteiger partial charge in [0.05, 0.1) is 0 Å². The van der Waals surface area contributed by atoms with Crippen molar-refractivity contribution in [3.8, 4) is 5.75 Å². The number of carbonyl (C=O) groups excluding carboxylic acids is 1. The molecule has 0 aromatic heterocycles. The van der Waals surface area contributed by atoms with Crippen LogP contribution in [-0.4, -0.2) is 43.1 Å². The normalized spacial score (nSPS) is 17.3. The maximum Gasteiger partial charge on any atom is 0.260 e. The van der Waals surface area contributed by atoms with Crippen LogP contribution in [0.2, 0.25) is 0 Å². The fraction of sp³-hybridized carbons (Fsp3) is 0.682. The number of carbonyl (C=O) groups is 1. The molecule has 1 fully saturated rings. The van der Waals surface area contributed by atoms with Crippen LogP contribution in [0.1, 0.15) is 64.0 Å². The first-order chi connectivity index (χ1) is 12.4. The van der Waals surface area contributed by atoms with Crippen molar-refractivity contribution in [2.24, 2.45) is 5.92 Å². The molecule has 1 aliphatic heterocycles. The van der Waals surface area contributed by atoms with Gasteiger partial charge in [0.25, 0.3) is 5.91 Å². The molecule has 0 unspecified atom stereocenters. The molecule has 1 saturated heterocycles. The van der Waals surface area contributed by atoms with E-state index in [0.717, 1.165) is 35.8 Å². The van der Waals surface area contributed by atoms with Gasteiger partial charge in [-0.15, -0.1) is 0 Å². The van der Waals surface area contributed by atoms with Gasteiger partial charge in [-0.1, -0.05) is 32.9 Å². The third-order valence-corrected chi connectivity index (χ3v) is 5.29. The molecule has 0 spiro atoms. The Morgan fingerprint density at radius 3 is 2.62 bits per heavy atom. The van der Waals surface area contributed by atoms with Gasteiger partial charge in [0, 0.05) is 6.54 Å². The first kappa shape index (κ1) is 20.8. The molecule has 0 radical (unpaired) electrons. The highest BCUT2D eigenvalue weighted by molar-refractivity contribution is 5.80. The number of amides is 1. The van der Waals surface area contributed by atoms with Crippen molar-refractivity contribution in [3.63, 3.8) is 0 Å². The van der Waals surface area contributed by atoms with E-state index >= 15 is 0 Å². The van der Waals surface area contributed by atoms with Crippen LogP contribution in [0.15, 0.2) is 18.2 Å². The van der Waals surface area contributed by atoms with Crippen LogP contribution < -0.4 is 10.1 Å². The van der Waals surface area contributed by atoms with E-state index in [1.165, 1.54) is 25.9 Å². The molecule has 0 saturated carbocycles. The Morgan fingerprint density at radius 2 is 1.96 bits per heavy atom. The van der Waals surface area contributed by atoms with Gasteiger partial charge in [-0.05, 0) is 81.8 Å². The summed E-state index contributed by atoms with van der Waals surface area (Å²) in [7, 11) is 0. The number of aryl methyl sites for hydroxylation is 1. The van der Waals surface area contributed by atoms with E-state index in [0.29, 0.717) is 12.5 Å². The van der Waals surface area contributed by atoms with Crippen molar-refractivity contribution in [2.45, 2.75) is 65.9 Å². The molecule has 0 bridgehead atoms. The van der Waals surface area contributed by atoms with Crippen LogP contribution in [0, 0.1) is 12.8 Å². The Bertz CT molecular complexity index is 578. The van der Waals surface area contributed by atoms with Crippen LogP contribution in [0.4, 0.5) is 0 Å². The number of ether oxygens (including phenoxy) is 1. The Labute approximate surface area is 159 Å². The molecule has 26 heavy (non-hydrogen) atoms. The van der Waals surface area contributed by atoms with Crippen molar-refractivity contribution in [1.29, 1.82) is 0 Å². The monoisotopic (exact) mass is 360 g/mol. The second-order valence-corrected chi connectivity index (χ2v) is 8.12. The fourth-order valence-electron chi connectivity index (χ4n) is 3.41. The number of piperidine rings is 1. The molecule has 4 heteroatoms. The summed E-state index contributed by atoms with van der Waals surface area (Å²) in [6.07, 6.45) is 3.11. The predicted molar refractivity (Wildman–Crippen MR) is 108 cm³/mol. The molecule has 146 valence electrons. The molecule has 1 atom stereocenters. The zero-order valence-electron chi connectivity index (χ0n) is 17.2. The van der Waals surface area contributed by atoms with Crippen LogP contribution in [0.3, 0.4) is 0 Å². The van der Waals surface area contributed by atoms with E-state index in [1.54, 1.807) is 0 Å². The third-order valence-electron chi connectivity index (χ3n) is 5.29. The fourth-order valence-corrected chi connectivity index (χ4v) is 3.41. The van der Waals surface area contributed by atoms with Crippen LogP contribution in [0.5, 0.6) is 5.75 Å². The number of rotatable bonds is 8. The SMILES string of the molecule is Cc1ccc(C(C)C)c(O[C@@H](C)C(=O)NCCCN2CCC(C)CC2)c1. The predicted octanol–water partition coefficient (Wildman–Crippen LogP) is 4.12. The lowest BCUT2D eigenvalue weighted by Gasteiger charge is -2.30. The minimum atomic E-state index is -0.481. The Kier molecular flexibility index (Phi) is 7.95. The average Bonchev–Trinajstić information content (AvgIpc) is 2.59. The minimum Gasteiger partial charge on any atom is -0.481 e. The summed E-state index contributed by atoms with van der Waals surface area (Å²) in [6.45, 7) is 14.7. The van der Waals surface area contributed by atoms with Crippen molar-refractivity contribution >= 4 is 5.91 Å². The third kappa shape index (κ3) is 6.31. The summed E-state index contributed by atoms with van der Waals surface area (Å²) < 4.78 is 5.99. The topological polar surface area (TPSA) is 41.6 Å². The lowest BCUT2D eigenvalue weighted by Crippen LogP contribution is -2.39. The molecule has 1 aliphatic rings. The smallest absolute Gasteiger partial charge is 0.260 e. The number of hydrogen-bond acceptors (Lipinski definition) is 3. The maximum absolute atomic E-state index is 12.4. The van der Waals surface area contributed by atoms with Gasteiger partial charge in [0.2, 0.25) is 0 Å². The molecule has 0 aliphatic carbocycles. The lowest BCUT2D eigenvalue weighted by atomic mass is 9.99. The van der Waals surface area contributed by atoms with Gasteiger partial charge in [-0.2, -0.15) is 0 Å². The molecule has 2 rings (SSSR count). The van der Waals surface area contributed by atoms with Crippen molar-refractivity contribution in [3.05, 3.63) is 29.3 Å². The second kappa shape index (κ2) is 9.96. The van der Waals surface area contributed by atoms with Gasteiger partial charge in [-0.3, -0.25) is 4.79 Å². The van der Waals surface area contributed by atoms with Gasteiger partial charge in [0.1, 0.15) is 5.75 Å². The Morgan fingerprint density at radius 1 is 1.27 bits per heavy atom. The average molecular weight is 361 g/mol. The molecule has 1 N–H and O–H groups in total. The van der Waals surface area contributed by atoms with E-state index in [2.05, 4.69) is 43.1 Å². The largest absolute Gasteiger partial charge is 0.481 e. The van der Waals surface area contributed by atoms with Crippen molar-refractivity contribution < 1.29 is 9.53 Å². The molecular formula is C22H36N2O2. The molecule has 1 heterocycles. The van der Waals surface area contributed by atoms with Gasteiger partial charge >= 0.3 is 0 Å². The number of hydrogen-bond donors (Lipinski definition) is 1. The highest BCUT2D eigenvalue weighted by atomic mass is 16.5. The van der Waals surface area contributed by atoms with Gasteiger partial charge in [-0.25, -0.2) is 0 Å². The lowest BCUT2D eigenvalue weighted by molar-refractivity contribution is -0.127. The van der Waals surface area contributed by atoms with E-state index in [9.17, 15) is 4.79 Å². The molecule has 4 nitrogen and oxygen atoms in total.